The number of likely N-dealkylation sites (N-methyl/N-ethyl adjacent to an activating group) is 1. The summed E-state index contributed by atoms with van der Waals surface area (Å²) >= 11 is 5.74. The van der Waals surface area contributed by atoms with E-state index in [1.807, 2.05) is 6.07 Å². The fourth-order valence-corrected chi connectivity index (χ4v) is 2.67. The van der Waals surface area contributed by atoms with Gasteiger partial charge in [-0.25, -0.2) is 4.39 Å². The Kier molecular flexibility index (Phi) is 6.42. The number of ether oxygens (including phenoxy) is 1. The molecule has 1 aliphatic rings. The summed E-state index contributed by atoms with van der Waals surface area (Å²) in [6.45, 7) is 4.40. The van der Waals surface area contributed by atoms with Crippen molar-refractivity contribution in [2.45, 2.75) is 25.5 Å². The first kappa shape index (κ1) is 16.7. The molecule has 5 heteroatoms. The summed E-state index contributed by atoms with van der Waals surface area (Å²) in [7, 11) is 4.12. The van der Waals surface area contributed by atoms with Crippen molar-refractivity contribution in [2.75, 3.05) is 40.3 Å². The van der Waals surface area contributed by atoms with Gasteiger partial charge < -0.3 is 9.64 Å². The van der Waals surface area contributed by atoms with Crippen molar-refractivity contribution in [3.63, 3.8) is 0 Å². The fraction of sp³-hybridized carbons (Fsp3) is 0.625. The van der Waals surface area contributed by atoms with Crippen LogP contribution in [0.1, 0.15) is 18.4 Å². The molecule has 0 amide bonds. The summed E-state index contributed by atoms with van der Waals surface area (Å²) < 4.78 is 19.3. The Hall–Kier alpha value is -0.680. The standard InChI is InChI=1S/C16H24ClFN2O/c1-19(2)7-8-20(12-14-4-3-9-21-14)11-13-5-6-15(17)16(18)10-13/h5-6,10,14H,3-4,7-9,11-12H2,1-2H3. The summed E-state index contributed by atoms with van der Waals surface area (Å²) in [4.78, 5) is 4.49. The molecule has 0 spiro atoms. The SMILES string of the molecule is CN(C)CCN(Cc1ccc(Cl)c(F)c1)CC1CCCO1. The molecule has 1 atom stereocenters. The molecule has 0 aliphatic carbocycles. The molecule has 1 fully saturated rings. The Labute approximate surface area is 131 Å². The molecule has 1 unspecified atom stereocenters. The second-order valence-corrected chi connectivity index (χ2v) is 6.33. The fourth-order valence-electron chi connectivity index (χ4n) is 2.55. The molecule has 3 nitrogen and oxygen atoms in total. The lowest BCUT2D eigenvalue weighted by Gasteiger charge is -2.26. The largest absolute Gasteiger partial charge is 0.377 e. The number of nitrogens with zero attached hydrogens (tertiary/aromatic N) is 2. The second kappa shape index (κ2) is 8.08. The van der Waals surface area contributed by atoms with Crippen LogP contribution in [0.25, 0.3) is 0 Å². The van der Waals surface area contributed by atoms with Gasteiger partial charge in [0.15, 0.2) is 0 Å². The van der Waals surface area contributed by atoms with Gasteiger partial charge in [0.2, 0.25) is 0 Å². The third kappa shape index (κ3) is 5.55. The zero-order valence-electron chi connectivity index (χ0n) is 12.8. The van der Waals surface area contributed by atoms with E-state index in [1.54, 1.807) is 6.07 Å². The Morgan fingerprint density at radius 3 is 2.76 bits per heavy atom. The van der Waals surface area contributed by atoms with E-state index in [4.69, 9.17) is 16.3 Å². The Morgan fingerprint density at radius 2 is 2.14 bits per heavy atom. The first-order chi connectivity index (χ1) is 10.0. The van der Waals surface area contributed by atoms with Crippen molar-refractivity contribution in [3.05, 3.63) is 34.6 Å². The van der Waals surface area contributed by atoms with Gasteiger partial charge >= 0.3 is 0 Å². The molecule has 1 aromatic rings. The van der Waals surface area contributed by atoms with Gasteiger partial charge in [0, 0.05) is 32.8 Å². The van der Waals surface area contributed by atoms with Gasteiger partial charge in [0.25, 0.3) is 0 Å². The van der Waals surface area contributed by atoms with Gasteiger partial charge in [-0.2, -0.15) is 0 Å². The molecular formula is C16H24ClFN2O. The van der Waals surface area contributed by atoms with E-state index in [-0.39, 0.29) is 10.8 Å². The van der Waals surface area contributed by atoms with Gasteiger partial charge in [0.1, 0.15) is 5.82 Å². The van der Waals surface area contributed by atoms with Crippen LogP contribution in [0.5, 0.6) is 0 Å². The van der Waals surface area contributed by atoms with Crippen LogP contribution in [0.3, 0.4) is 0 Å². The summed E-state index contributed by atoms with van der Waals surface area (Å²) in [6, 6.07) is 5.05. The van der Waals surface area contributed by atoms with Crippen LogP contribution in [-0.2, 0) is 11.3 Å². The van der Waals surface area contributed by atoms with Crippen molar-refractivity contribution in [1.82, 2.24) is 9.80 Å². The lowest BCUT2D eigenvalue weighted by Crippen LogP contribution is -2.36. The van der Waals surface area contributed by atoms with E-state index in [0.717, 1.165) is 51.2 Å². The number of hydrogen-bond donors (Lipinski definition) is 0. The topological polar surface area (TPSA) is 15.7 Å². The monoisotopic (exact) mass is 314 g/mol. The molecular weight excluding hydrogens is 291 g/mol. The summed E-state index contributed by atoms with van der Waals surface area (Å²) in [5.41, 5.74) is 0.952. The van der Waals surface area contributed by atoms with Gasteiger partial charge in [-0.05, 0) is 44.6 Å². The molecule has 0 saturated carbocycles. The number of halogens is 2. The van der Waals surface area contributed by atoms with Crippen LogP contribution in [0.2, 0.25) is 5.02 Å². The van der Waals surface area contributed by atoms with Crippen LogP contribution >= 0.6 is 11.6 Å². The highest BCUT2D eigenvalue weighted by molar-refractivity contribution is 6.30. The zero-order chi connectivity index (χ0) is 15.2. The molecule has 1 heterocycles. The second-order valence-electron chi connectivity index (χ2n) is 5.92. The maximum Gasteiger partial charge on any atom is 0.142 e. The van der Waals surface area contributed by atoms with Crippen LogP contribution in [0, 0.1) is 5.82 Å². The molecule has 0 aromatic heterocycles. The maximum atomic E-state index is 13.6. The average molecular weight is 315 g/mol. The molecule has 21 heavy (non-hydrogen) atoms. The van der Waals surface area contributed by atoms with Gasteiger partial charge in [-0.3, -0.25) is 4.90 Å². The predicted molar refractivity (Wildman–Crippen MR) is 84.2 cm³/mol. The highest BCUT2D eigenvalue weighted by atomic mass is 35.5. The quantitative estimate of drug-likeness (QED) is 0.769. The smallest absolute Gasteiger partial charge is 0.142 e. The van der Waals surface area contributed by atoms with E-state index < -0.39 is 0 Å². The van der Waals surface area contributed by atoms with Crippen molar-refractivity contribution in [1.29, 1.82) is 0 Å². The molecule has 1 aromatic carbocycles. The Bertz CT molecular complexity index is 450. The number of rotatable bonds is 7. The lowest BCUT2D eigenvalue weighted by molar-refractivity contribution is 0.0682. The molecule has 2 rings (SSSR count). The first-order valence-electron chi connectivity index (χ1n) is 7.47. The van der Waals surface area contributed by atoms with E-state index in [2.05, 4.69) is 23.9 Å². The third-order valence-corrected chi connectivity index (χ3v) is 4.05. The number of benzene rings is 1. The lowest BCUT2D eigenvalue weighted by atomic mass is 10.1. The predicted octanol–water partition coefficient (Wildman–Crippen LogP) is 3.02. The number of hydrogen-bond acceptors (Lipinski definition) is 3. The minimum Gasteiger partial charge on any atom is -0.377 e. The van der Waals surface area contributed by atoms with Crippen LogP contribution in [0.15, 0.2) is 18.2 Å². The van der Waals surface area contributed by atoms with Gasteiger partial charge in [-0.15, -0.1) is 0 Å². The van der Waals surface area contributed by atoms with E-state index >= 15 is 0 Å². The van der Waals surface area contributed by atoms with Crippen molar-refractivity contribution >= 4 is 11.6 Å². The summed E-state index contributed by atoms with van der Waals surface area (Å²) in [6.07, 6.45) is 2.57. The van der Waals surface area contributed by atoms with Crippen molar-refractivity contribution in [2.24, 2.45) is 0 Å². The third-order valence-electron chi connectivity index (χ3n) is 3.74. The summed E-state index contributed by atoms with van der Waals surface area (Å²) in [5, 5.41) is 0.178. The molecule has 118 valence electrons. The molecule has 1 aliphatic heterocycles. The van der Waals surface area contributed by atoms with E-state index in [1.165, 1.54) is 6.07 Å². The highest BCUT2D eigenvalue weighted by Gasteiger charge is 2.19. The molecule has 0 N–H and O–H groups in total. The molecule has 1 saturated heterocycles. The Morgan fingerprint density at radius 1 is 1.33 bits per heavy atom. The van der Waals surface area contributed by atoms with E-state index in [0.29, 0.717) is 6.10 Å². The maximum absolute atomic E-state index is 13.6. The van der Waals surface area contributed by atoms with Crippen LogP contribution in [0.4, 0.5) is 4.39 Å². The van der Waals surface area contributed by atoms with Crippen LogP contribution < -0.4 is 0 Å². The normalized spacial score (nSPS) is 18.9. The van der Waals surface area contributed by atoms with Gasteiger partial charge in [-0.1, -0.05) is 17.7 Å². The minimum absolute atomic E-state index is 0.178. The first-order valence-corrected chi connectivity index (χ1v) is 7.85. The molecule has 0 bridgehead atoms. The van der Waals surface area contributed by atoms with Crippen molar-refractivity contribution in [3.8, 4) is 0 Å². The summed E-state index contributed by atoms with van der Waals surface area (Å²) in [5.74, 6) is -0.348. The molecule has 0 radical (unpaired) electrons. The van der Waals surface area contributed by atoms with E-state index in [9.17, 15) is 4.39 Å². The highest BCUT2D eigenvalue weighted by Crippen LogP contribution is 2.18. The zero-order valence-corrected chi connectivity index (χ0v) is 13.6. The Balaban J connectivity index is 1.97. The van der Waals surface area contributed by atoms with Crippen LogP contribution in [-0.4, -0.2) is 56.2 Å². The van der Waals surface area contributed by atoms with Crippen molar-refractivity contribution < 1.29 is 9.13 Å². The minimum atomic E-state index is -0.348. The van der Waals surface area contributed by atoms with Gasteiger partial charge in [0.05, 0.1) is 11.1 Å². The average Bonchev–Trinajstić information content (AvgIpc) is 2.93.